The second-order valence-corrected chi connectivity index (χ2v) is 7.42. The SMILES string of the molecule is CN1CCN(c2ccc(NC(=O)CCNC3CCCCC3)cc2)CC1. The molecule has 5 heteroatoms. The fourth-order valence-corrected chi connectivity index (χ4v) is 3.74. The third-order valence-corrected chi connectivity index (χ3v) is 5.41. The highest BCUT2D eigenvalue weighted by atomic mass is 16.1. The Kier molecular flexibility index (Phi) is 6.70. The predicted octanol–water partition coefficient (Wildman–Crippen LogP) is 2.69. The average Bonchev–Trinajstić information content (AvgIpc) is 2.64. The van der Waals surface area contributed by atoms with Gasteiger partial charge in [-0.1, -0.05) is 19.3 Å². The molecule has 1 aliphatic carbocycles. The molecule has 25 heavy (non-hydrogen) atoms. The first-order valence-electron chi connectivity index (χ1n) is 9.77. The van der Waals surface area contributed by atoms with E-state index >= 15 is 0 Å². The first kappa shape index (κ1) is 18.2. The Morgan fingerprint density at radius 1 is 1.04 bits per heavy atom. The van der Waals surface area contributed by atoms with Crippen molar-refractivity contribution in [1.29, 1.82) is 0 Å². The van der Waals surface area contributed by atoms with Crippen molar-refractivity contribution in [1.82, 2.24) is 10.2 Å². The van der Waals surface area contributed by atoms with E-state index in [4.69, 9.17) is 0 Å². The quantitative estimate of drug-likeness (QED) is 0.833. The molecule has 1 aliphatic heterocycles. The zero-order valence-electron chi connectivity index (χ0n) is 15.5. The summed E-state index contributed by atoms with van der Waals surface area (Å²) in [7, 11) is 2.17. The topological polar surface area (TPSA) is 47.6 Å². The predicted molar refractivity (Wildman–Crippen MR) is 104 cm³/mol. The minimum absolute atomic E-state index is 0.0932. The number of hydrogen-bond acceptors (Lipinski definition) is 4. The highest BCUT2D eigenvalue weighted by Crippen LogP contribution is 2.20. The highest BCUT2D eigenvalue weighted by molar-refractivity contribution is 5.91. The Bertz CT molecular complexity index is 531. The molecule has 2 N–H and O–H groups in total. The number of nitrogens with zero attached hydrogens (tertiary/aromatic N) is 2. The van der Waals surface area contributed by atoms with Gasteiger partial charge in [0.15, 0.2) is 0 Å². The van der Waals surface area contributed by atoms with Crippen LogP contribution in [0, 0.1) is 0 Å². The molecule has 0 unspecified atom stereocenters. The van der Waals surface area contributed by atoms with Crippen LogP contribution >= 0.6 is 0 Å². The molecule has 2 fully saturated rings. The van der Waals surface area contributed by atoms with Gasteiger partial charge >= 0.3 is 0 Å². The molecule has 3 rings (SSSR count). The monoisotopic (exact) mass is 344 g/mol. The summed E-state index contributed by atoms with van der Waals surface area (Å²) in [5, 5.41) is 6.53. The Balaban J connectivity index is 1.39. The van der Waals surface area contributed by atoms with Gasteiger partial charge in [0.2, 0.25) is 5.91 Å². The van der Waals surface area contributed by atoms with Crippen molar-refractivity contribution in [3.8, 4) is 0 Å². The number of amides is 1. The second-order valence-electron chi connectivity index (χ2n) is 7.42. The van der Waals surface area contributed by atoms with Crippen molar-refractivity contribution in [2.24, 2.45) is 0 Å². The van der Waals surface area contributed by atoms with Gasteiger partial charge in [0.1, 0.15) is 0 Å². The highest BCUT2D eigenvalue weighted by Gasteiger charge is 2.15. The van der Waals surface area contributed by atoms with E-state index in [1.165, 1.54) is 37.8 Å². The van der Waals surface area contributed by atoms with Crippen molar-refractivity contribution >= 4 is 17.3 Å². The lowest BCUT2D eigenvalue weighted by Gasteiger charge is -2.34. The van der Waals surface area contributed by atoms with Crippen LogP contribution in [-0.2, 0) is 4.79 Å². The number of piperazine rings is 1. The molecule has 1 heterocycles. The third kappa shape index (κ3) is 5.72. The molecule has 5 nitrogen and oxygen atoms in total. The summed E-state index contributed by atoms with van der Waals surface area (Å²) in [5.74, 6) is 0.0932. The van der Waals surface area contributed by atoms with E-state index < -0.39 is 0 Å². The number of hydrogen-bond donors (Lipinski definition) is 2. The minimum Gasteiger partial charge on any atom is -0.369 e. The van der Waals surface area contributed by atoms with E-state index in [1.807, 2.05) is 12.1 Å². The molecule has 1 aromatic rings. The van der Waals surface area contributed by atoms with Gasteiger partial charge in [-0.3, -0.25) is 4.79 Å². The molecule has 0 aromatic heterocycles. The van der Waals surface area contributed by atoms with Gasteiger partial charge in [-0.2, -0.15) is 0 Å². The summed E-state index contributed by atoms with van der Waals surface area (Å²) in [6.45, 7) is 5.11. The van der Waals surface area contributed by atoms with Crippen LogP contribution in [-0.4, -0.2) is 56.6 Å². The summed E-state index contributed by atoms with van der Waals surface area (Å²) in [4.78, 5) is 16.9. The number of anilines is 2. The number of nitrogens with one attached hydrogen (secondary N) is 2. The summed E-state index contributed by atoms with van der Waals surface area (Å²) < 4.78 is 0. The van der Waals surface area contributed by atoms with E-state index in [-0.39, 0.29) is 5.91 Å². The number of rotatable bonds is 6. The van der Waals surface area contributed by atoms with Crippen molar-refractivity contribution in [2.45, 2.75) is 44.6 Å². The fraction of sp³-hybridized carbons (Fsp3) is 0.650. The summed E-state index contributed by atoms with van der Waals surface area (Å²) >= 11 is 0. The van der Waals surface area contributed by atoms with E-state index in [2.05, 4.69) is 39.6 Å². The van der Waals surface area contributed by atoms with Crippen LogP contribution in [0.5, 0.6) is 0 Å². The number of benzene rings is 1. The van der Waals surface area contributed by atoms with Gasteiger partial charge in [-0.05, 0) is 44.2 Å². The maximum atomic E-state index is 12.1. The van der Waals surface area contributed by atoms with E-state index in [0.29, 0.717) is 12.5 Å². The van der Waals surface area contributed by atoms with Gasteiger partial charge in [0.25, 0.3) is 0 Å². The maximum absolute atomic E-state index is 12.1. The molecule has 0 spiro atoms. The van der Waals surface area contributed by atoms with Crippen LogP contribution in [0.4, 0.5) is 11.4 Å². The minimum atomic E-state index is 0.0932. The van der Waals surface area contributed by atoms with Crippen molar-refractivity contribution < 1.29 is 4.79 Å². The maximum Gasteiger partial charge on any atom is 0.225 e. The lowest BCUT2D eigenvalue weighted by Crippen LogP contribution is -2.44. The van der Waals surface area contributed by atoms with Gasteiger partial charge in [-0.25, -0.2) is 0 Å². The lowest BCUT2D eigenvalue weighted by molar-refractivity contribution is -0.116. The normalized spacial score (nSPS) is 19.8. The first-order chi connectivity index (χ1) is 12.2. The van der Waals surface area contributed by atoms with Gasteiger partial charge in [0, 0.05) is 56.6 Å². The van der Waals surface area contributed by atoms with Crippen LogP contribution in [0.3, 0.4) is 0 Å². The molecule has 0 atom stereocenters. The van der Waals surface area contributed by atoms with Crippen LogP contribution in [0.2, 0.25) is 0 Å². The molecule has 1 saturated carbocycles. The summed E-state index contributed by atoms with van der Waals surface area (Å²) in [6.07, 6.45) is 7.07. The molecular weight excluding hydrogens is 312 g/mol. The molecule has 1 aromatic carbocycles. The van der Waals surface area contributed by atoms with Crippen LogP contribution in [0.15, 0.2) is 24.3 Å². The Morgan fingerprint density at radius 2 is 1.72 bits per heavy atom. The van der Waals surface area contributed by atoms with Crippen molar-refractivity contribution in [3.63, 3.8) is 0 Å². The standard InChI is InChI=1S/C20H32N4O/c1-23-13-15-24(16-14-23)19-9-7-18(8-10-19)22-20(25)11-12-21-17-5-3-2-4-6-17/h7-10,17,21H,2-6,11-16H2,1H3,(H,22,25). The van der Waals surface area contributed by atoms with E-state index in [1.54, 1.807) is 0 Å². The molecule has 0 radical (unpaired) electrons. The Morgan fingerprint density at radius 3 is 2.40 bits per heavy atom. The van der Waals surface area contributed by atoms with Gasteiger partial charge in [-0.15, -0.1) is 0 Å². The fourth-order valence-electron chi connectivity index (χ4n) is 3.74. The zero-order valence-corrected chi connectivity index (χ0v) is 15.5. The second kappa shape index (κ2) is 9.20. The number of likely N-dealkylation sites (N-methyl/N-ethyl adjacent to an activating group) is 1. The van der Waals surface area contributed by atoms with Gasteiger partial charge < -0.3 is 20.4 Å². The van der Waals surface area contributed by atoms with Crippen molar-refractivity contribution in [3.05, 3.63) is 24.3 Å². The van der Waals surface area contributed by atoms with Crippen LogP contribution < -0.4 is 15.5 Å². The third-order valence-electron chi connectivity index (χ3n) is 5.41. The average molecular weight is 345 g/mol. The molecule has 138 valence electrons. The van der Waals surface area contributed by atoms with Gasteiger partial charge in [0.05, 0.1) is 0 Å². The lowest BCUT2D eigenvalue weighted by atomic mass is 9.95. The van der Waals surface area contributed by atoms with Crippen LogP contribution in [0.1, 0.15) is 38.5 Å². The van der Waals surface area contributed by atoms with E-state index in [0.717, 1.165) is 38.4 Å². The Labute approximate surface area is 151 Å². The summed E-state index contributed by atoms with van der Waals surface area (Å²) in [6, 6.07) is 8.87. The molecule has 0 bridgehead atoms. The number of carbonyl (C=O) groups is 1. The molecule has 1 saturated heterocycles. The smallest absolute Gasteiger partial charge is 0.225 e. The Hall–Kier alpha value is -1.59. The zero-order chi connectivity index (χ0) is 17.5. The van der Waals surface area contributed by atoms with Crippen LogP contribution in [0.25, 0.3) is 0 Å². The number of carbonyl (C=O) groups excluding carboxylic acids is 1. The van der Waals surface area contributed by atoms with Crippen molar-refractivity contribution in [2.75, 3.05) is 50.0 Å². The molecule has 2 aliphatic rings. The molecule has 1 amide bonds. The van der Waals surface area contributed by atoms with E-state index in [9.17, 15) is 4.79 Å². The summed E-state index contributed by atoms with van der Waals surface area (Å²) in [5.41, 5.74) is 2.13. The largest absolute Gasteiger partial charge is 0.369 e. The first-order valence-corrected chi connectivity index (χ1v) is 9.77. The molecular formula is C20H32N4O.